The standard InChI is InChI=1S/C12H14N/c1-10(12-8-5-9-13-12)11-6-3-2-4-7-11/h2-4,6-8,13H,5,9H2,1H3/q+1. The molecule has 66 valence electrons. The highest BCUT2D eigenvalue weighted by atomic mass is 14.9. The van der Waals surface area contributed by atoms with Gasteiger partial charge in [0.25, 0.3) is 0 Å². The minimum absolute atomic E-state index is 1.08. The maximum atomic E-state index is 3.38. The van der Waals surface area contributed by atoms with E-state index in [1.54, 1.807) is 0 Å². The third-order valence-electron chi connectivity index (χ3n) is 2.42. The van der Waals surface area contributed by atoms with Crippen LogP contribution in [0.3, 0.4) is 0 Å². The first kappa shape index (κ1) is 8.24. The Balaban J connectivity index is 2.30. The minimum Gasteiger partial charge on any atom is -0.350 e. The molecule has 1 heterocycles. The monoisotopic (exact) mass is 172 g/mol. The van der Waals surface area contributed by atoms with Crippen molar-refractivity contribution < 1.29 is 0 Å². The highest BCUT2D eigenvalue weighted by molar-refractivity contribution is 5.68. The first-order chi connectivity index (χ1) is 6.38. The van der Waals surface area contributed by atoms with Crippen molar-refractivity contribution in [3.05, 3.63) is 48.0 Å². The van der Waals surface area contributed by atoms with E-state index in [0.29, 0.717) is 0 Å². The third kappa shape index (κ3) is 1.69. The summed E-state index contributed by atoms with van der Waals surface area (Å²) in [5, 5.41) is 3.38. The van der Waals surface area contributed by atoms with Crippen LogP contribution in [0.15, 0.2) is 36.0 Å². The van der Waals surface area contributed by atoms with Gasteiger partial charge in [-0.05, 0) is 12.1 Å². The fourth-order valence-corrected chi connectivity index (χ4v) is 1.62. The van der Waals surface area contributed by atoms with E-state index >= 15 is 0 Å². The van der Waals surface area contributed by atoms with Crippen LogP contribution in [0.4, 0.5) is 0 Å². The maximum Gasteiger partial charge on any atom is 0.197 e. The first-order valence-corrected chi connectivity index (χ1v) is 4.71. The normalized spacial score (nSPS) is 19.2. The smallest absolute Gasteiger partial charge is 0.197 e. The summed E-state index contributed by atoms with van der Waals surface area (Å²) in [6, 6.07) is 10.5. The van der Waals surface area contributed by atoms with Gasteiger partial charge >= 0.3 is 0 Å². The molecule has 13 heavy (non-hydrogen) atoms. The Morgan fingerprint density at radius 3 is 2.69 bits per heavy atom. The molecular weight excluding hydrogens is 158 g/mol. The summed E-state index contributed by atoms with van der Waals surface area (Å²) in [6.07, 6.45) is 3.42. The van der Waals surface area contributed by atoms with Gasteiger partial charge in [-0.2, -0.15) is 0 Å². The third-order valence-corrected chi connectivity index (χ3v) is 2.42. The van der Waals surface area contributed by atoms with Gasteiger partial charge in [0.2, 0.25) is 0 Å². The molecule has 0 radical (unpaired) electrons. The molecule has 1 aromatic rings. The molecule has 0 aliphatic carbocycles. The van der Waals surface area contributed by atoms with Crippen molar-refractivity contribution in [1.29, 1.82) is 0 Å². The summed E-state index contributed by atoms with van der Waals surface area (Å²) >= 11 is 0. The van der Waals surface area contributed by atoms with Gasteiger partial charge in [-0.1, -0.05) is 18.2 Å². The predicted molar refractivity (Wildman–Crippen MR) is 56.0 cm³/mol. The average Bonchev–Trinajstić information content (AvgIpc) is 2.71. The molecule has 1 aliphatic rings. The number of allylic oxidation sites excluding steroid dienone is 2. The number of nitrogens with one attached hydrogen (secondary N) is 1. The Morgan fingerprint density at radius 1 is 1.31 bits per heavy atom. The second kappa shape index (κ2) is 3.56. The second-order valence-corrected chi connectivity index (χ2v) is 3.32. The molecule has 0 saturated carbocycles. The SMILES string of the molecule is CC(=C1[CH+]CCN1)c1ccccc1. The molecule has 1 saturated heterocycles. The van der Waals surface area contributed by atoms with Crippen LogP contribution in [-0.2, 0) is 0 Å². The van der Waals surface area contributed by atoms with Gasteiger partial charge in [-0.3, -0.25) is 0 Å². The van der Waals surface area contributed by atoms with Crippen LogP contribution < -0.4 is 5.32 Å². The van der Waals surface area contributed by atoms with E-state index in [1.165, 1.54) is 16.8 Å². The molecular formula is C12H14N+. The lowest BCUT2D eigenvalue weighted by Crippen LogP contribution is -2.05. The average molecular weight is 172 g/mol. The number of benzene rings is 1. The summed E-state index contributed by atoms with van der Waals surface area (Å²) in [6.45, 7) is 3.25. The van der Waals surface area contributed by atoms with Gasteiger partial charge in [-0.15, -0.1) is 0 Å². The molecule has 0 aromatic heterocycles. The molecule has 1 aromatic carbocycles. The highest BCUT2D eigenvalue weighted by Gasteiger charge is 2.19. The number of hydrogen-bond donors (Lipinski definition) is 1. The lowest BCUT2D eigenvalue weighted by molar-refractivity contribution is 0.915. The van der Waals surface area contributed by atoms with Crippen LogP contribution in [0.25, 0.3) is 5.57 Å². The summed E-state index contributed by atoms with van der Waals surface area (Å²) in [4.78, 5) is 0. The van der Waals surface area contributed by atoms with E-state index < -0.39 is 0 Å². The first-order valence-electron chi connectivity index (χ1n) is 4.71. The zero-order chi connectivity index (χ0) is 9.10. The van der Waals surface area contributed by atoms with Crippen molar-refractivity contribution >= 4 is 5.57 Å². The molecule has 1 N–H and O–H groups in total. The van der Waals surface area contributed by atoms with Gasteiger partial charge in [0, 0.05) is 13.5 Å². The molecule has 1 fully saturated rings. The Labute approximate surface area is 79.5 Å². The van der Waals surface area contributed by atoms with E-state index in [2.05, 4.69) is 42.9 Å². The Morgan fingerprint density at radius 2 is 2.08 bits per heavy atom. The van der Waals surface area contributed by atoms with Crippen molar-refractivity contribution in [3.8, 4) is 0 Å². The Kier molecular flexibility index (Phi) is 2.26. The van der Waals surface area contributed by atoms with Crippen LogP contribution in [0.5, 0.6) is 0 Å². The molecule has 0 bridgehead atoms. The van der Waals surface area contributed by atoms with E-state index in [-0.39, 0.29) is 0 Å². The van der Waals surface area contributed by atoms with Crippen LogP contribution in [0, 0.1) is 6.42 Å². The van der Waals surface area contributed by atoms with E-state index in [4.69, 9.17) is 0 Å². The molecule has 1 heteroatoms. The van der Waals surface area contributed by atoms with Crippen molar-refractivity contribution in [1.82, 2.24) is 5.32 Å². The van der Waals surface area contributed by atoms with Crippen molar-refractivity contribution in [3.63, 3.8) is 0 Å². The van der Waals surface area contributed by atoms with E-state index in [9.17, 15) is 0 Å². The zero-order valence-corrected chi connectivity index (χ0v) is 7.88. The van der Waals surface area contributed by atoms with Crippen LogP contribution in [-0.4, -0.2) is 6.54 Å². The fourth-order valence-electron chi connectivity index (χ4n) is 1.62. The lowest BCUT2D eigenvalue weighted by Gasteiger charge is -1.97. The van der Waals surface area contributed by atoms with Gasteiger partial charge in [0.1, 0.15) is 5.57 Å². The van der Waals surface area contributed by atoms with Crippen molar-refractivity contribution in [2.45, 2.75) is 13.3 Å². The zero-order valence-electron chi connectivity index (χ0n) is 7.88. The Hall–Kier alpha value is -1.37. The Bertz CT molecular complexity index is 303. The largest absolute Gasteiger partial charge is 0.350 e. The van der Waals surface area contributed by atoms with Gasteiger partial charge in [0.05, 0.1) is 18.4 Å². The van der Waals surface area contributed by atoms with Crippen LogP contribution >= 0.6 is 0 Å². The molecule has 1 aliphatic heterocycles. The summed E-state index contributed by atoms with van der Waals surface area (Å²) < 4.78 is 0. The molecule has 0 atom stereocenters. The molecule has 0 amide bonds. The predicted octanol–water partition coefficient (Wildman–Crippen LogP) is 2.62. The van der Waals surface area contributed by atoms with E-state index in [0.717, 1.165) is 13.0 Å². The fraction of sp³-hybridized carbons (Fsp3) is 0.250. The van der Waals surface area contributed by atoms with Crippen molar-refractivity contribution in [2.24, 2.45) is 0 Å². The highest BCUT2D eigenvalue weighted by Crippen LogP contribution is 2.21. The van der Waals surface area contributed by atoms with Crippen LogP contribution in [0.1, 0.15) is 18.9 Å². The van der Waals surface area contributed by atoms with Crippen molar-refractivity contribution in [2.75, 3.05) is 6.54 Å². The molecule has 1 nitrogen and oxygen atoms in total. The molecule has 2 rings (SSSR count). The quantitative estimate of drug-likeness (QED) is 0.642. The van der Waals surface area contributed by atoms with E-state index in [1.807, 2.05) is 6.07 Å². The topological polar surface area (TPSA) is 12.0 Å². The minimum atomic E-state index is 1.08. The molecule has 0 unspecified atom stereocenters. The second-order valence-electron chi connectivity index (χ2n) is 3.32. The number of rotatable bonds is 1. The summed E-state index contributed by atoms with van der Waals surface area (Å²) in [5.41, 5.74) is 3.95. The van der Waals surface area contributed by atoms with Gasteiger partial charge < -0.3 is 5.32 Å². The van der Waals surface area contributed by atoms with Gasteiger partial charge in [-0.25, -0.2) is 0 Å². The lowest BCUT2D eigenvalue weighted by atomic mass is 10.0. The summed E-state index contributed by atoms with van der Waals surface area (Å²) in [7, 11) is 0. The summed E-state index contributed by atoms with van der Waals surface area (Å²) in [5.74, 6) is 0. The maximum absolute atomic E-state index is 3.38. The van der Waals surface area contributed by atoms with Crippen LogP contribution in [0.2, 0.25) is 0 Å². The number of hydrogen-bond acceptors (Lipinski definition) is 1. The van der Waals surface area contributed by atoms with Gasteiger partial charge in [0.15, 0.2) is 5.70 Å². The molecule has 0 spiro atoms.